The van der Waals surface area contributed by atoms with Gasteiger partial charge in [-0.1, -0.05) is 66.7 Å². The second kappa shape index (κ2) is 10.1. The minimum atomic E-state index is -0.234. The average molecular weight is 456 g/mol. The Morgan fingerprint density at radius 3 is 2.50 bits per heavy atom. The van der Waals surface area contributed by atoms with Crippen molar-refractivity contribution in [3.05, 3.63) is 90.6 Å². The van der Waals surface area contributed by atoms with Crippen molar-refractivity contribution < 1.29 is 9.53 Å². The summed E-state index contributed by atoms with van der Waals surface area (Å²) in [6, 6.07) is 25.9. The number of amides is 2. The molecular formula is C27H29N5O2. The van der Waals surface area contributed by atoms with Gasteiger partial charge in [0.25, 0.3) is 0 Å². The van der Waals surface area contributed by atoms with E-state index in [0.717, 1.165) is 36.5 Å². The first-order valence-electron chi connectivity index (χ1n) is 11.6. The number of nitrogens with zero attached hydrogens (tertiary/aromatic N) is 3. The van der Waals surface area contributed by atoms with E-state index in [1.54, 1.807) is 7.11 Å². The predicted octanol–water partition coefficient (Wildman–Crippen LogP) is 4.24. The molecular weight excluding hydrogens is 426 g/mol. The average Bonchev–Trinajstić information content (AvgIpc) is 3.45. The van der Waals surface area contributed by atoms with Gasteiger partial charge in [0.2, 0.25) is 0 Å². The summed E-state index contributed by atoms with van der Waals surface area (Å²) in [4.78, 5) is 20.4. The van der Waals surface area contributed by atoms with Crippen molar-refractivity contribution in [2.75, 3.05) is 38.7 Å². The van der Waals surface area contributed by atoms with E-state index >= 15 is 0 Å². The van der Waals surface area contributed by atoms with Gasteiger partial charge in [0.1, 0.15) is 17.2 Å². The number of carbonyl (C=O) groups is 1. The molecule has 5 rings (SSSR count). The monoisotopic (exact) mass is 455 g/mol. The van der Waals surface area contributed by atoms with Crippen LogP contribution in [-0.2, 0) is 4.74 Å². The topological polar surface area (TPSA) is 70.9 Å². The zero-order chi connectivity index (χ0) is 23.3. The summed E-state index contributed by atoms with van der Waals surface area (Å²) < 4.78 is 7.19. The van der Waals surface area contributed by atoms with E-state index in [2.05, 4.69) is 39.8 Å². The van der Waals surface area contributed by atoms with Crippen molar-refractivity contribution in [3.8, 4) is 11.3 Å². The molecule has 1 aliphatic heterocycles. The highest BCUT2D eigenvalue weighted by atomic mass is 16.5. The van der Waals surface area contributed by atoms with Crippen LogP contribution in [-0.4, -0.2) is 59.7 Å². The maximum Gasteiger partial charge on any atom is 0.320 e. The molecule has 3 heterocycles. The van der Waals surface area contributed by atoms with Crippen LogP contribution in [0.2, 0.25) is 0 Å². The molecule has 1 saturated heterocycles. The molecule has 2 amide bonds. The molecule has 0 unspecified atom stereocenters. The molecule has 0 saturated carbocycles. The first-order valence-corrected chi connectivity index (χ1v) is 11.6. The molecule has 0 aliphatic carbocycles. The maximum absolute atomic E-state index is 13.3. The fourth-order valence-electron chi connectivity index (χ4n) is 4.70. The Balaban J connectivity index is 1.39. The number of pyridine rings is 1. The number of nitrogens with one attached hydrogen (secondary N) is 2. The highest BCUT2D eigenvalue weighted by molar-refractivity contribution is 5.93. The Kier molecular flexibility index (Phi) is 6.56. The molecule has 2 N–H and O–H groups in total. The van der Waals surface area contributed by atoms with Gasteiger partial charge in [-0.2, -0.15) is 0 Å². The van der Waals surface area contributed by atoms with Crippen molar-refractivity contribution in [1.29, 1.82) is 0 Å². The van der Waals surface area contributed by atoms with Crippen LogP contribution in [0.4, 0.5) is 10.6 Å². The van der Waals surface area contributed by atoms with E-state index in [9.17, 15) is 4.79 Å². The minimum absolute atomic E-state index is 0.0152. The number of imidazole rings is 1. The van der Waals surface area contributed by atoms with Gasteiger partial charge in [0.15, 0.2) is 0 Å². The highest BCUT2D eigenvalue weighted by Crippen LogP contribution is 2.30. The molecule has 34 heavy (non-hydrogen) atoms. The normalized spacial score (nSPS) is 18.3. The number of anilines is 1. The van der Waals surface area contributed by atoms with Gasteiger partial charge >= 0.3 is 6.03 Å². The quantitative estimate of drug-likeness (QED) is 0.437. The largest absolute Gasteiger partial charge is 0.383 e. The fraction of sp³-hybridized carbons (Fsp3) is 0.259. The van der Waals surface area contributed by atoms with Gasteiger partial charge in [-0.3, -0.25) is 14.6 Å². The van der Waals surface area contributed by atoms with Crippen molar-refractivity contribution in [2.24, 2.45) is 0 Å². The summed E-state index contributed by atoms with van der Waals surface area (Å²) in [7, 11) is 1.72. The SMILES string of the molecule is COCCN1C[C@H](NC(=O)Nc2c(-c3ccccc3)nc3ccccn23)[C@@H](c2ccccc2)C1. The second-order valence-corrected chi connectivity index (χ2v) is 8.58. The first kappa shape index (κ1) is 22.1. The standard InChI is InChI=1S/C27H29N5O2/c1-34-17-16-31-18-22(20-10-4-2-5-11-20)23(19-31)28-27(33)30-26-25(21-12-6-3-7-13-21)29-24-14-8-9-15-32(24)26/h2-15,22-23H,16-19H2,1H3,(H2,28,30,33)/t22-,23+/m1/s1. The third-order valence-corrected chi connectivity index (χ3v) is 6.36. The van der Waals surface area contributed by atoms with Gasteiger partial charge < -0.3 is 10.1 Å². The number of hydrogen-bond acceptors (Lipinski definition) is 4. The maximum atomic E-state index is 13.3. The lowest BCUT2D eigenvalue weighted by Gasteiger charge is -2.20. The van der Waals surface area contributed by atoms with Gasteiger partial charge in [-0.15, -0.1) is 0 Å². The van der Waals surface area contributed by atoms with Crippen molar-refractivity contribution in [2.45, 2.75) is 12.0 Å². The Hall–Kier alpha value is -3.68. The number of methoxy groups -OCH3 is 1. The molecule has 1 aliphatic rings. The number of hydrogen-bond donors (Lipinski definition) is 2. The predicted molar refractivity (Wildman–Crippen MR) is 134 cm³/mol. The van der Waals surface area contributed by atoms with Gasteiger partial charge in [0.05, 0.1) is 12.6 Å². The molecule has 0 radical (unpaired) electrons. The molecule has 2 atom stereocenters. The van der Waals surface area contributed by atoms with Crippen LogP contribution >= 0.6 is 0 Å². The van der Waals surface area contributed by atoms with Crippen LogP contribution in [0.3, 0.4) is 0 Å². The number of ether oxygens (including phenoxy) is 1. The highest BCUT2D eigenvalue weighted by Gasteiger charge is 2.34. The van der Waals surface area contributed by atoms with E-state index < -0.39 is 0 Å². The summed E-state index contributed by atoms with van der Waals surface area (Å²) in [5.74, 6) is 0.865. The van der Waals surface area contributed by atoms with E-state index in [4.69, 9.17) is 9.72 Å². The molecule has 0 spiro atoms. The number of fused-ring (bicyclic) bond motifs is 1. The number of benzene rings is 2. The number of carbonyl (C=O) groups excluding carboxylic acids is 1. The molecule has 7 nitrogen and oxygen atoms in total. The Morgan fingerprint density at radius 2 is 1.74 bits per heavy atom. The van der Waals surface area contributed by atoms with E-state index in [0.29, 0.717) is 12.4 Å². The lowest BCUT2D eigenvalue weighted by Crippen LogP contribution is -2.42. The zero-order valence-corrected chi connectivity index (χ0v) is 19.2. The number of aromatic nitrogens is 2. The van der Waals surface area contributed by atoms with Gasteiger partial charge in [-0.05, 0) is 17.7 Å². The number of likely N-dealkylation sites (tertiary alicyclic amines) is 1. The molecule has 4 aromatic rings. The van der Waals surface area contributed by atoms with Gasteiger partial charge in [-0.25, -0.2) is 9.78 Å². The zero-order valence-electron chi connectivity index (χ0n) is 19.2. The Labute approximate surface area is 199 Å². The number of rotatable bonds is 7. The van der Waals surface area contributed by atoms with E-state index in [-0.39, 0.29) is 18.0 Å². The van der Waals surface area contributed by atoms with E-state index in [1.807, 2.05) is 65.2 Å². The lowest BCUT2D eigenvalue weighted by molar-refractivity contribution is 0.159. The molecule has 2 aromatic carbocycles. The molecule has 7 heteroatoms. The summed E-state index contributed by atoms with van der Waals surface area (Å²) in [6.07, 6.45) is 1.92. The van der Waals surface area contributed by atoms with Crippen molar-refractivity contribution in [1.82, 2.24) is 19.6 Å². The smallest absolute Gasteiger partial charge is 0.320 e. The molecule has 174 valence electrons. The Morgan fingerprint density at radius 1 is 1.00 bits per heavy atom. The lowest BCUT2D eigenvalue weighted by atomic mass is 9.94. The number of urea groups is 1. The fourth-order valence-corrected chi connectivity index (χ4v) is 4.70. The second-order valence-electron chi connectivity index (χ2n) is 8.58. The third-order valence-electron chi connectivity index (χ3n) is 6.36. The first-order chi connectivity index (χ1) is 16.7. The molecule has 2 aromatic heterocycles. The van der Waals surface area contributed by atoms with Crippen LogP contribution in [0.5, 0.6) is 0 Å². The van der Waals surface area contributed by atoms with E-state index in [1.165, 1.54) is 5.56 Å². The van der Waals surface area contributed by atoms with Crippen LogP contribution in [0.1, 0.15) is 11.5 Å². The van der Waals surface area contributed by atoms with Crippen LogP contribution in [0.15, 0.2) is 85.1 Å². The van der Waals surface area contributed by atoms with Crippen LogP contribution in [0.25, 0.3) is 16.9 Å². The Bertz CT molecular complexity index is 1240. The van der Waals surface area contributed by atoms with Gasteiger partial charge in [0, 0.05) is 44.4 Å². The summed E-state index contributed by atoms with van der Waals surface area (Å²) in [6.45, 7) is 3.16. The summed E-state index contributed by atoms with van der Waals surface area (Å²) in [5, 5.41) is 6.34. The van der Waals surface area contributed by atoms with Crippen LogP contribution in [0, 0.1) is 0 Å². The summed E-state index contributed by atoms with van der Waals surface area (Å²) >= 11 is 0. The summed E-state index contributed by atoms with van der Waals surface area (Å²) in [5.41, 5.74) is 3.71. The molecule has 0 bridgehead atoms. The third kappa shape index (κ3) is 4.66. The van der Waals surface area contributed by atoms with Crippen molar-refractivity contribution >= 4 is 17.5 Å². The molecule has 1 fully saturated rings. The minimum Gasteiger partial charge on any atom is -0.383 e. The van der Waals surface area contributed by atoms with Crippen molar-refractivity contribution in [3.63, 3.8) is 0 Å². The van der Waals surface area contributed by atoms with Crippen LogP contribution < -0.4 is 10.6 Å².